The minimum absolute atomic E-state index is 0.114. The van der Waals surface area contributed by atoms with Crippen LogP contribution in [0, 0.1) is 0 Å². The van der Waals surface area contributed by atoms with Crippen molar-refractivity contribution in [1.82, 2.24) is 19.5 Å². The molecule has 4 rings (SSSR count). The van der Waals surface area contributed by atoms with Gasteiger partial charge in [0.05, 0.1) is 5.56 Å². The van der Waals surface area contributed by atoms with Crippen molar-refractivity contribution < 1.29 is 4.79 Å². The van der Waals surface area contributed by atoms with Crippen molar-refractivity contribution >= 4 is 23.3 Å². The number of aromatic nitrogens is 3. The molecule has 1 aromatic carbocycles. The van der Waals surface area contributed by atoms with Crippen molar-refractivity contribution in [3.05, 3.63) is 60.0 Å². The van der Waals surface area contributed by atoms with Crippen LogP contribution >= 0.6 is 11.8 Å². The van der Waals surface area contributed by atoms with E-state index in [2.05, 4.69) is 10.2 Å². The predicted molar refractivity (Wildman–Crippen MR) is 99.1 cm³/mol. The zero-order valence-electron chi connectivity index (χ0n) is 14.1. The zero-order chi connectivity index (χ0) is 17.2. The maximum absolute atomic E-state index is 13.0. The lowest BCUT2D eigenvalue weighted by molar-refractivity contribution is 0.0700. The van der Waals surface area contributed by atoms with Crippen LogP contribution in [0.4, 0.5) is 0 Å². The summed E-state index contributed by atoms with van der Waals surface area (Å²) in [7, 11) is 0. The Bertz CT molecular complexity index is 907. The highest BCUT2D eigenvalue weighted by atomic mass is 32.2. The summed E-state index contributed by atoms with van der Waals surface area (Å²) in [5.74, 6) is 1.28. The second-order valence-corrected chi connectivity index (χ2v) is 7.13. The van der Waals surface area contributed by atoms with Crippen LogP contribution in [-0.4, -0.2) is 44.8 Å². The van der Waals surface area contributed by atoms with Crippen molar-refractivity contribution in [2.45, 2.75) is 23.7 Å². The molecule has 1 aliphatic rings. The minimum Gasteiger partial charge on any atom is -0.338 e. The average Bonchev–Trinajstić information content (AvgIpc) is 3.11. The highest BCUT2D eigenvalue weighted by Crippen LogP contribution is 2.28. The van der Waals surface area contributed by atoms with Gasteiger partial charge in [-0.05, 0) is 43.4 Å². The lowest BCUT2D eigenvalue weighted by Crippen LogP contribution is -2.39. The number of benzene rings is 1. The molecule has 0 N–H and O–H groups in total. The summed E-state index contributed by atoms with van der Waals surface area (Å²) in [5.41, 5.74) is 1.65. The molecule has 25 heavy (non-hydrogen) atoms. The van der Waals surface area contributed by atoms with Gasteiger partial charge < -0.3 is 4.90 Å². The predicted octanol–water partition coefficient (Wildman–Crippen LogP) is 3.47. The lowest BCUT2D eigenvalue weighted by atomic mass is 9.96. The van der Waals surface area contributed by atoms with Gasteiger partial charge in [0.25, 0.3) is 5.91 Å². The van der Waals surface area contributed by atoms with Gasteiger partial charge in [0, 0.05) is 30.1 Å². The number of likely N-dealkylation sites (tertiary alicyclic amines) is 1. The Morgan fingerprint density at radius 2 is 2.00 bits per heavy atom. The molecule has 5 nitrogen and oxygen atoms in total. The molecular weight excluding hydrogens is 332 g/mol. The van der Waals surface area contributed by atoms with Crippen LogP contribution in [0.15, 0.2) is 53.6 Å². The monoisotopic (exact) mass is 352 g/mol. The third-order valence-corrected chi connectivity index (χ3v) is 5.55. The van der Waals surface area contributed by atoms with E-state index in [9.17, 15) is 4.79 Å². The Morgan fingerprint density at radius 1 is 1.16 bits per heavy atom. The first-order chi connectivity index (χ1) is 12.3. The molecule has 0 aliphatic carbocycles. The largest absolute Gasteiger partial charge is 0.338 e. The fourth-order valence-corrected chi connectivity index (χ4v) is 4.09. The average molecular weight is 352 g/mol. The molecule has 3 heterocycles. The molecule has 6 heteroatoms. The van der Waals surface area contributed by atoms with Crippen molar-refractivity contribution in [3.8, 4) is 0 Å². The third kappa shape index (κ3) is 3.02. The van der Waals surface area contributed by atoms with Crippen LogP contribution in [0.25, 0.3) is 5.65 Å². The Labute approximate surface area is 151 Å². The molecule has 2 aromatic heterocycles. The Balaban J connectivity index is 1.60. The summed E-state index contributed by atoms with van der Waals surface area (Å²) >= 11 is 1.61. The molecule has 3 aromatic rings. The van der Waals surface area contributed by atoms with Crippen LogP contribution in [0.2, 0.25) is 0 Å². The van der Waals surface area contributed by atoms with Crippen LogP contribution in [0.1, 0.15) is 34.9 Å². The van der Waals surface area contributed by atoms with E-state index in [0.29, 0.717) is 6.54 Å². The molecule has 1 atom stereocenters. The number of fused-ring (bicyclic) bond motifs is 1. The van der Waals surface area contributed by atoms with Gasteiger partial charge in [-0.3, -0.25) is 9.20 Å². The van der Waals surface area contributed by atoms with E-state index in [4.69, 9.17) is 0 Å². The summed E-state index contributed by atoms with van der Waals surface area (Å²) in [4.78, 5) is 16.0. The normalized spacial score (nSPS) is 17.8. The van der Waals surface area contributed by atoms with Gasteiger partial charge >= 0.3 is 0 Å². The number of thioether (sulfide) groups is 1. The van der Waals surface area contributed by atoms with E-state index in [0.717, 1.165) is 41.3 Å². The smallest absolute Gasteiger partial charge is 0.255 e. The number of amides is 1. The van der Waals surface area contributed by atoms with Crippen molar-refractivity contribution in [2.75, 3.05) is 19.3 Å². The number of carbonyl (C=O) groups excluding carboxylic acids is 1. The van der Waals surface area contributed by atoms with E-state index in [1.54, 1.807) is 11.8 Å². The fraction of sp³-hybridized carbons (Fsp3) is 0.316. The van der Waals surface area contributed by atoms with Gasteiger partial charge in [-0.1, -0.05) is 18.2 Å². The first kappa shape index (κ1) is 16.1. The highest BCUT2D eigenvalue weighted by molar-refractivity contribution is 7.98. The van der Waals surface area contributed by atoms with Crippen molar-refractivity contribution in [1.29, 1.82) is 0 Å². The molecule has 1 aliphatic heterocycles. The summed E-state index contributed by atoms with van der Waals surface area (Å²) in [6, 6.07) is 13.7. The number of pyridine rings is 1. The number of hydrogen-bond donors (Lipinski definition) is 0. The second kappa shape index (κ2) is 6.88. The molecule has 0 spiro atoms. The van der Waals surface area contributed by atoms with E-state index < -0.39 is 0 Å². The molecule has 0 radical (unpaired) electrons. The Kier molecular flexibility index (Phi) is 4.44. The van der Waals surface area contributed by atoms with Crippen LogP contribution in [-0.2, 0) is 0 Å². The number of piperidine rings is 1. The molecule has 0 unspecified atom stereocenters. The molecule has 0 bridgehead atoms. The minimum atomic E-state index is 0.114. The first-order valence-corrected chi connectivity index (χ1v) is 9.72. The van der Waals surface area contributed by atoms with Crippen molar-refractivity contribution in [2.24, 2.45) is 0 Å². The van der Waals surface area contributed by atoms with Gasteiger partial charge in [0.15, 0.2) is 5.65 Å². The van der Waals surface area contributed by atoms with E-state index in [-0.39, 0.29) is 11.8 Å². The number of carbonyl (C=O) groups is 1. The third-order valence-electron chi connectivity index (χ3n) is 4.75. The standard InChI is InChI=1S/C19H20N4OS/c1-25-16-9-3-2-8-15(16)19(24)22-11-6-7-14(13-22)18-21-20-17-10-4-5-12-23(17)18/h2-5,8-10,12,14H,6-7,11,13H2,1H3/t14-/m0/s1. The fourth-order valence-electron chi connectivity index (χ4n) is 3.50. The number of rotatable bonds is 3. The summed E-state index contributed by atoms with van der Waals surface area (Å²) in [6.07, 6.45) is 6.02. The highest BCUT2D eigenvalue weighted by Gasteiger charge is 2.29. The van der Waals surface area contributed by atoms with Gasteiger partial charge in [-0.15, -0.1) is 22.0 Å². The summed E-state index contributed by atoms with van der Waals surface area (Å²) in [5, 5.41) is 8.65. The molecule has 128 valence electrons. The SMILES string of the molecule is CSc1ccccc1C(=O)N1CCC[C@H](c2nnc3ccccn23)C1. The Hall–Kier alpha value is -2.34. The molecule has 0 saturated carbocycles. The van der Waals surface area contributed by atoms with Gasteiger partial charge in [-0.25, -0.2) is 0 Å². The molecule has 1 saturated heterocycles. The topological polar surface area (TPSA) is 50.5 Å². The van der Waals surface area contributed by atoms with E-state index in [1.165, 1.54) is 0 Å². The molecule has 1 fully saturated rings. The maximum atomic E-state index is 13.0. The van der Waals surface area contributed by atoms with Crippen molar-refractivity contribution in [3.63, 3.8) is 0 Å². The van der Waals surface area contributed by atoms with Crippen LogP contribution in [0.3, 0.4) is 0 Å². The lowest BCUT2D eigenvalue weighted by Gasteiger charge is -2.32. The Morgan fingerprint density at radius 3 is 2.88 bits per heavy atom. The number of hydrogen-bond acceptors (Lipinski definition) is 4. The van der Waals surface area contributed by atoms with E-state index >= 15 is 0 Å². The quantitative estimate of drug-likeness (QED) is 0.677. The van der Waals surface area contributed by atoms with Crippen LogP contribution < -0.4 is 0 Å². The molecular formula is C19H20N4OS. The van der Waals surface area contributed by atoms with E-state index in [1.807, 2.05) is 64.2 Å². The van der Waals surface area contributed by atoms with Gasteiger partial charge in [-0.2, -0.15) is 0 Å². The first-order valence-electron chi connectivity index (χ1n) is 8.50. The summed E-state index contributed by atoms with van der Waals surface area (Å²) in [6.45, 7) is 1.49. The second-order valence-electron chi connectivity index (χ2n) is 6.28. The van der Waals surface area contributed by atoms with Gasteiger partial charge in [0.1, 0.15) is 5.82 Å². The zero-order valence-corrected chi connectivity index (χ0v) is 14.9. The maximum Gasteiger partial charge on any atom is 0.255 e. The number of nitrogens with zero attached hydrogens (tertiary/aromatic N) is 4. The summed E-state index contributed by atoms with van der Waals surface area (Å²) < 4.78 is 2.04. The van der Waals surface area contributed by atoms with Crippen LogP contribution in [0.5, 0.6) is 0 Å². The molecule has 1 amide bonds. The van der Waals surface area contributed by atoms with Gasteiger partial charge in [0.2, 0.25) is 0 Å².